The predicted molar refractivity (Wildman–Crippen MR) is 46.5 cm³/mol. The smallest absolute Gasteiger partial charge is 0.171 e. The van der Waals surface area contributed by atoms with Crippen LogP contribution < -0.4 is 0 Å². The van der Waals surface area contributed by atoms with Gasteiger partial charge in [0, 0.05) is 11.1 Å². The molecular formula is C10H10O2. The second-order valence-electron chi connectivity index (χ2n) is 2.57. The number of fused-ring (bicyclic) bond motifs is 1. The van der Waals surface area contributed by atoms with Crippen molar-refractivity contribution in [3.8, 4) is 0 Å². The Morgan fingerprint density at radius 3 is 1.75 bits per heavy atom. The van der Waals surface area contributed by atoms with E-state index in [0.717, 1.165) is 0 Å². The number of hydrogen-bond donors (Lipinski definition) is 0. The average molecular weight is 162 g/mol. The molecule has 0 N–H and O–H groups in total. The van der Waals surface area contributed by atoms with Gasteiger partial charge in [-0.25, -0.2) is 0 Å². The van der Waals surface area contributed by atoms with Crippen LogP contribution in [0.5, 0.6) is 0 Å². The third-order valence-electron chi connectivity index (χ3n) is 1.85. The first-order chi connectivity index (χ1) is 5.29. The van der Waals surface area contributed by atoms with Gasteiger partial charge in [0.15, 0.2) is 11.6 Å². The summed E-state index contributed by atoms with van der Waals surface area (Å²) in [5.41, 5.74) is 1.16. The van der Waals surface area contributed by atoms with Gasteiger partial charge in [0.2, 0.25) is 0 Å². The van der Waals surface area contributed by atoms with Crippen LogP contribution in [-0.2, 0) is 0 Å². The molecule has 0 bridgehead atoms. The number of ketones is 2. The molecule has 0 aromatic heterocycles. The Kier molecular flexibility index (Phi) is 2.09. The Balaban J connectivity index is 0.000000720. The van der Waals surface area contributed by atoms with Crippen LogP contribution in [0.4, 0.5) is 0 Å². The Hall–Kier alpha value is -1.44. The molecule has 0 atom stereocenters. The number of carbonyl (C=O) groups is 2. The molecule has 1 aliphatic rings. The summed E-state index contributed by atoms with van der Waals surface area (Å²) in [7, 11) is 0. The molecule has 0 aliphatic heterocycles. The number of hydrogen-bond acceptors (Lipinski definition) is 2. The normalized spacial score (nSPS) is 14.0. The van der Waals surface area contributed by atoms with E-state index in [1.54, 1.807) is 24.3 Å². The molecule has 0 spiro atoms. The van der Waals surface area contributed by atoms with Crippen LogP contribution in [0.15, 0.2) is 24.3 Å². The van der Waals surface area contributed by atoms with Crippen LogP contribution in [0.2, 0.25) is 0 Å². The summed E-state index contributed by atoms with van der Waals surface area (Å²) >= 11 is 0. The lowest BCUT2D eigenvalue weighted by atomic mass is 10.1. The molecule has 2 nitrogen and oxygen atoms in total. The SMILES string of the molecule is C.O=C1CC(=O)c2ccccc21. The monoisotopic (exact) mass is 162 g/mol. The summed E-state index contributed by atoms with van der Waals surface area (Å²) < 4.78 is 0. The molecule has 2 rings (SSSR count). The van der Waals surface area contributed by atoms with Crippen molar-refractivity contribution in [2.75, 3.05) is 0 Å². The van der Waals surface area contributed by atoms with Gasteiger partial charge >= 0.3 is 0 Å². The Morgan fingerprint density at radius 1 is 0.917 bits per heavy atom. The van der Waals surface area contributed by atoms with Crippen LogP contribution in [0.3, 0.4) is 0 Å². The van der Waals surface area contributed by atoms with Crippen molar-refractivity contribution in [1.82, 2.24) is 0 Å². The molecule has 0 amide bonds. The lowest BCUT2D eigenvalue weighted by Gasteiger charge is -1.90. The molecule has 12 heavy (non-hydrogen) atoms. The molecular weight excluding hydrogens is 152 g/mol. The Morgan fingerprint density at radius 2 is 1.33 bits per heavy atom. The zero-order chi connectivity index (χ0) is 7.84. The van der Waals surface area contributed by atoms with Crippen LogP contribution in [0.25, 0.3) is 0 Å². The van der Waals surface area contributed by atoms with Gasteiger partial charge in [-0.3, -0.25) is 9.59 Å². The highest BCUT2D eigenvalue weighted by molar-refractivity contribution is 6.24. The number of benzene rings is 1. The zero-order valence-corrected chi connectivity index (χ0v) is 5.83. The van der Waals surface area contributed by atoms with Crippen molar-refractivity contribution in [2.24, 2.45) is 0 Å². The molecule has 0 heterocycles. The largest absolute Gasteiger partial charge is 0.294 e. The first-order valence-corrected chi connectivity index (χ1v) is 3.44. The molecule has 1 aromatic carbocycles. The van der Waals surface area contributed by atoms with Gasteiger partial charge in [0.05, 0.1) is 6.42 Å². The van der Waals surface area contributed by atoms with Gasteiger partial charge in [-0.15, -0.1) is 0 Å². The predicted octanol–water partition coefficient (Wildman–Crippen LogP) is 2.09. The van der Waals surface area contributed by atoms with Gasteiger partial charge in [-0.2, -0.15) is 0 Å². The quantitative estimate of drug-likeness (QED) is 0.547. The van der Waals surface area contributed by atoms with Crippen molar-refractivity contribution >= 4 is 11.6 Å². The summed E-state index contributed by atoms with van der Waals surface area (Å²) in [5.74, 6) is -0.101. The molecule has 1 aromatic rings. The molecule has 1 aliphatic carbocycles. The van der Waals surface area contributed by atoms with Crippen molar-refractivity contribution in [2.45, 2.75) is 13.8 Å². The molecule has 0 unspecified atom stereocenters. The van der Waals surface area contributed by atoms with Crippen molar-refractivity contribution in [1.29, 1.82) is 0 Å². The van der Waals surface area contributed by atoms with Gasteiger partial charge in [-0.1, -0.05) is 31.7 Å². The van der Waals surface area contributed by atoms with Gasteiger partial charge in [-0.05, 0) is 0 Å². The zero-order valence-electron chi connectivity index (χ0n) is 5.83. The van der Waals surface area contributed by atoms with E-state index in [9.17, 15) is 9.59 Å². The Bertz CT molecular complexity index is 306. The molecule has 62 valence electrons. The maximum absolute atomic E-state index is 11.1. The lowest BCUT2D eigenvalue weighted by molar-refractivity contribution is 0.0923. The highest BCUT2D eigenvalue weighted by Crippen LogP contribution is 2.20. The van der Waals surface area contributed by atoms with E-state index in [1.165, 1.54) is 0 Å². The number of carbonyl (C=O) groups excluding carboxylic acids is 2. The van der Waals surface area contributed by atoms with Crippen molar-refractivity contribution < 1.29 is 9.59 Å². The van der Waals surface area contributed by atoms with Gasteiger partial charge < -0.3 is 0 Å². The van der Waals surface area contributed by atoms with E-state index < -0.39 is 0 Å². The number of rotatable bonds is 0. The summed E-state index contributed by atoms with van der Waals surface area (Å²) in [6.07, 6.45) is 0.0549. The third-order valence-corrected chi connectivity index (χ3v) is 1.85. The van der Waals surface area contributed by atoms with Gasteiger partial charge in [0.25, 0.3) is 0 Å². The summed E-state index contributed by atoms with van der Waals surface area (Å²) in [5, 5.41) is 0. The van der Waals surface area contributed by atoms with Crippen molar-refractivity contribution in [3.05, 3.63) is 35.4 Å². The lowest BCUT2D eigenvalue weighted by Crippen LogP contribution is -1.90. The van der Waals surface area contributed by atoms with Crippen LogP contribution >= 0.6 is 0 Å². The maximum Gasteiger partial charge on any atom is 0.171 e. The minimum absolute atomic E-state index is 0. The number of Topliss-reactive ketones (excluding diaryl/α,β-unsaturated/α-hetero) is 2. The van der Waals surface area contributed by atoms with E-state index in [0.29, 0.717) is 11.1 Å². The van der Waals surface area contributed by atoms with Crippen molar-refractivity contribution in [3.63, 3.8) is 0 Å². The minimum atomic E-state index is -0.0504. The first-order valence-electron chi connectivity index (χ1n) is 3.44. The first kappa shape index (κ1) is 8.65. The topological polar surface area (TPSA) is 34.1 Å². The second-order valence-corrected chi connectivity index (χ2v) is 2.57. The van der Waals surface area contributed by atoms with E-state index in [1.807, 2.05) is 0 Å². The average Bonchev–Trinajstić information content (AvgIpc) is 2.30. The minimum Gasteiger partial charge on any atom is -0.294 e. The van der Waals surface area contributed by atoms with E-state index >= 15 is 0 Å². The molecule has 0 fully saturated rings. The van der Waals surface area contributed by atoms with Gasteiger partial charge in [0.1, 0.15) is 0 Å². The van der Waals surface area contributed by atoms with E-state index in [-0.39, 0.29) is 25.4 Å². The van der Waals surface area contributed by atoms with E-state index in [2.05, 4.69) is 0 Å². The fourth-order valence-electron chi connectivity index (χ4n) is 1.31. The third kappa shape index (κ3) is 1.05. The van der Waals surface area contributed by atoms with Crippen LogP contribution in [0.1, 0.15) is 34.6 Å². The van der Waals surface area contributed by atoms with Crippen LogP contribution in [0, 0.1) is 0 Å². The molecule has 2 heteroatoms. The fraction of sp³-hybridized carbons (Fsp3) is 0.200. The second kappa shape index (κ2) is 2.89. The van der Waals surface area contributed by atoms with Crippen LogP contribution in [-0.4, -0.2) is 11.6 Å². The standard InChI is InChI=1S/C9H6O2.CH4/c10-8-5-9(11)7-4-2-1-3-6(7)8;/h1-4H,5H2;1H4. The molecule has 0 saturated carbocycles. The Labute approximate surface area is 71.2 Å². The summed E-state index contributed by atoms with van der Waals surface area (Å²) in [6.45, 7) is 0. The molecule has 0 radical (unpaired) electrons. The summed E-state index contributed by atoms with van der Waals surface area (Å²) in [6, 6.07) is 6.94. The summed E-state index contributed by atoms with van der Waals surface area (Å²) in [4.78, 5) is 22.1. The van der Waals surface area contributed by atoms with E-state index in [4.69, 9.17) is 0 Å². The fourth-order valence-corrected chi connectivity index (χ4v) is 1.31. The molecule has 0 saturated heterocycles. The highest BCUT2D eigenvalue weighted by atomic mass is 16.2. The highest BCUT2D eigenvalue weighted by Gasteiger charge is 2.25. The maximum atomic E-state index is 11.1.